The smallest absolute Gasteiger partial charge is 0.258 e. The van der Waals surface area contributed by atoms with Crippen molar-refractivity contribution >= 4 is 50.2 Å². The lowest BCUT2D eigenvalue weighted by Crippen LogP contribution is -2.63. The molecule has 3 aliphatic rings. The molecule has 3 aromatic heterocycles. The van der Waals surface area contributed by atoms with Crippen LogP contribution in [0.1, 0.15) is 23.2 Å². The van der Waals surface area contributed by atoms with E-state index in [1.807, 2.05) is 0 Å². The number of amides is 3. The van der Waals surface area contributed by atoms with E-state index < -0.39 is 28.0 Å². The number of carbonyl (C=O) groups is 3. The van der Waals surface area contributed by atoms with Crippen molar-refractivity contribution in [2.75, 3.05) is 65.7 Å². The fourth-order valence-corrected chi connectivity index (χ4v) is 8.46. The molecule has 0 saturated carbocycles. The van der Waals surface area contributed by atoms with Crippen molar-refractivity contribution in [2.45, 2.75) is 30.0 Å². The van der Waals surface area contributed by atoms with Gasteiger partial charge in [-0.25, -0.2) is 18.4 Å². The van der Waals surface area contributed by atoms with Gasteiger partial charge in [-0.05, 0) is 36.4 Å². The quantitative estimate of drug-likeness (QED) is 0.282. The molecule has 7 rings (SSSR count). The van der Waals surface area contributed by atoms with E-state index in [1.165, 1.54) is 27.7 Å². The topological polar surface area (TPSA) is 171 Å². The number of fused-ring (bicyclic) bond motifs is 1. The first-order chi connectivity index (χ1) is 24.7. The van der Waals surface area contributed by atoms with Gasteiger partial charge in [0.25, 0.3) is 15.9 Å². The second kappa shape index (κ2) is 15.0. The van der Waals surface area contributed by atoms with Gasteiger partial charge in [-0.15, -0.1) is 0 Å². The highest BCUT2D eigenvalue weighted by atomic mass is 35.5. The summed E-state index contributed by atoms with van der Waals surface area (Å²) in [7, 11) is -4.20. The SMILES string of the molecule is O=C(CC1CN(S(=O)(=O)c2cc3cc(Cl)ccc3[nH]2)CC(CC(=O)N2CCOCC2)N1C(=O)c1cnc(-c2ccncc2)nc1)N1CCOCC1. The summed E-state index contributed by atoms with van der Waals surface area (Å²) in [4.78, 5) is 62.7. The van der Waals surface area contributed by atoms with Gasteiger partial charge >= 0.3 is 0 Å². The third-order valence-corrected chi connectivity index (χ3v) is 11.4. The van der Waals surface area contributed by atoms with Crippen molar-refractivity contribution in [3.8, 4) is 11.4 Å². The molecule has 0 radical (unpaired) electrons. The lowest BCUT2D eigenvalue weighted by Gasteiger charge is -2.46. The van der Waals surface area contributed by atoms with E-state index >= 15 is 0 Å². The fourth-order valence-electron chi connectivity index (χ4n) is 6.75. The van der Waals surface area contributed by atoms with Crippen LogP contribution in [-0.4, -0.2) is 143 Å². The van der Waals surface area contributed by atoms with Crippen LogP contribution in [0.15, 0.2) is 66.2 Å². The summed E-state index contributed by atoms with van der Waals surface area (Å²) in [6.07, 6.45) is 5.71. The molecule has 51 heavy (non-hydrogen) atoms. The molecule has 17 heteroatoms. The molecule has 0 bridgehead atoms. The summed E-state index contributed by atoms with van der Waals surface area (Å²) < 4.78 is 40.8. The van der Waals surface area contributed by atoms with Crippen LogP contribution in [0.4, 0.5) is 0 Å². The van der Waals surface area contributed by atoms with Gasteiger partial charge in [0.05, 0.1) is 44.1 Å². The molecule has 3 aliphatic heterocycles. The van der Waals surface area contributed by atoms with Crippen molar-refractivity contribution in [2.24, 2.45) is 0 Å². The minimum Gasteiger partial charge on any atom is -0.378 e. The molecular weight excluding hydrogens is 700 g/mol. The number of carbonyl (C=O) groups excluding carboxylic acids is 3. The van der Waals surface area contributed by atoms with E-state index in [2.05, 4.69) is 19.9 Å². The number of benzene rings is 1. The van der Waals surface area contributed by atoms with Crippen molar-refractivity contribution in [3.63, 3.8) is 0 Å². The van der Waals surface area contributed by atoms with E-state index in [4.69, 9.17) is 21.1 Å². The maximum atomic E-state index is 14.5. The zero-order valence-corrected chi connectivity index (χ0v) is 29.3. The van der Waals surface area contributed by atoms with E-state index in [-0.39, 0.29) is 48.3 Å². The molecule has 3 amide bonds. The average Bonchev–Trinajstić information content (AvgIpc) is 3.60. The highest BCUT2D eigenvalue weighted by molar-refractivity contribution is 7.89. The Kier molecular flexibility index (Phi) is 10.3. The first-order valence-electron chi connectivity index (χ1n) is 16.7. The highest BCUT2D eigenvalue weighted by Gasteiger charge is 2.45. The van der Waals surface area contributed by atoms with Crippen molar-refractivity contribution in [1.29, 1.82) is 0 Å². The minimum absolute atomic E-state index is 0.0591. The number of rotatable bonds is 8. The highest BCUT2D eigenvalue weighted by Crippen LogP contribution is 2.31. The first-order valence-corrected chi connectivity index (χ1v) is 18.5. The van der Waals surface area contributed by atoms with Gasteiger partial charge in [-0.3, -0.25) is 19.4 Å². The van der Waals surface area contributed by atoms with Crippen molar-refractivity contribution < 1.29 is 32.3 Å². The van der Waals surface area contributed by atoms with E-state index in [0.29, 0.717) is 79.9 Å². The molecule has 2 atom stereocenters. The molecule has 0 spiro atoms. The van der Waals surface area contributed by atoms with Crippen LogP contribution in [0.3, 0.4) is 0 Å². The summed E-state index contributed by atoms with van der Waals surface area (Å²) in [5, 5.41) is 1.01. The molecule has 268 valence electrons. The number of ether oxygens (including phenoxy) is 2. The number of halogens is 1. The predicted molar refractivity (Wildman–Crippen MR) is 185 cm³/mol. The van der Waals surface area contributed by atoms with Gasteiger partial charge in [0.1, 0.15) is 5.03 Å². The van der Waals surface area contributed by atoms with Gasteiger partial charge < -0.3 is 29.2 Å². The lowest BCUT2D eigenvalue weighted by atomic mass is 9.99. The zero-order chi connectivity index (χ0) is 35.5. The Morgan fingerprint density at radius 3 is 1.96 bits per heavy atom. The standard InChI is InChI=1S/C34H37ClN8O7S/c35-26-1-2-29-24(15-26)16-30(39-29)51(47,48)42-21-27(17-31(44)40-7-11-49-12-8-40)43(28(22-42)18-32(45)41-9-13-50-14-10-41)34(46)25-19-37-33(38-20-25)23-3-5-36-6-4-23/h1-6,15-16,19-20,27-28,39H,7-14,17-18,21-22H2. The lowest BCUT2D eigenvalue weighted by molar-refractivity contribution is -0.138. The predicted octanol–water partition coefficient (Wildman–Crippen LogP) is 2.06. The number of H-pyrrole nitrogens is 1. The summed E-state index contributed by atoms with van der Waals surface area (Å²) >= 11 is 6.18. The first kappa shape index (κ1) is 34.9. The number of aromatic amines is 1. The Hall–Kier alpha value is -4.48. The van der Waals surface area contributed by atoms with Crippen molar-refractivity contribution in [1.82, 2.24) is 38.9 Å². The third kappa shape index (κ3) is 7.60. The third-order valence-electron chi connectivity index (χ3n) is 9.41. The maximum absolute atomic E-state index is 14.5. The van der Waals surface area contributed by atoms with Gasteiger partial charge in [-0.1, -0.05) is 11.6 Å². The summed E-state index contributed by atoms with van der Waals surface area (Å²) in [5.41, 5.74) is 1.44. The number of nitrogens with one attached hydrogen (secondary N) is 1. The molecule has 0 aliphatic carbocycles. The molecule has 2 unspecified atom stereocenters. The van der Waals surface area contributed by atoms with Crippen LogP contribution < -0.4 is 0 Å². The van der Waals surface area contributed by atoms with Crippen LogP contribution in [0.2, 0.25) is 5.02 Å². The Morgan fingerprint density at radius 2 is 1.39 bits per heavy atom. The van der Waals surface area contributed by atoms with Crippen LogP contribution >= 0.6 is 11.6 Å². The van der Waals surface area contributed by atoms with E-state index in [0.717, 1.165) is 0 Å². The molecule has 6 heterocycles. The number of sulfonamides is 1. The molecular formula is C34H37ClN8O7S. The van der Waals surface area contributed by atoms with Crippen LogP contribution in [-0.2, 0) is 29.1 Å². The van der Waals surface area contributed by atoms with Crippen LogP contribution in [0.5, 0.6) is 0 Å². The second-order valence-electron chi connectivity index (χ2n) is 12.6. The summed E-state index contributed by atoms with van der Waals surface area (Å²) in [6, 6.07) is 8.20. The fraction of sp³-hybridized carbons (Fsp3) is 0.412. The largest absolute Gasteiger partial charge is 0.378 e. The number of morpholine rings is 2. The molecule has 3 fully saturated rings. The van der Waals surface area contributed by atoms with E-state index in [9.17, 15) is 22.8 Å². The van der Waals surface area contributed by atoms with Gasteiger partial charge in [0.15, 0.2) is 5.82 Å². The Labute approximate surface area is 299 Å². The van der Waals surface area contributed by atoms with Gasteiger partial charge in [-0.2, -0.15) is 4.31 Å². The number of aromatic nitrogens is 4. The number of hydrogen-bond acceptors (Lipinski definition) is 10. The molecule has 4 aromatic rings. The van der Waals surface area contributed by atoms with Gasteiger partial charge in [0, 0.05) is 98.4 Å². The summed E-state index contributed by atoms with van der Waals surface area (Å²) in [6.45, 7) is 2.65. The van der Waals surface area contributed by atoms with E-state index in [1.54, 1.807) is 52.5 Å². The number of piperazine rings is 1. The minimum atomic E-state index is -4.20. The number of hydrogen-bond donors (Lipinski definition) is 1. The maximum Gasteiger partial charge on any atom is 0.258 e. The van der Waals surface area contributed by atoms with Gasteiger partial charge in [0.2, 0.25) is 11.8 Å². The zero-order valence-electron chi connectivity index (χ0n) is 27.7. The Morgan fingerprint density at radius 1 is 0.824 bits per heavy atom. The summed E-state index contributed by atoms with van der Waals surface area (Å²) in [5.74, 6) is -0.609. The molecule has 1 aromatic carbocycles. The molecule has 1 N–H and O–H groups in total. The molecule has 3 saturated heterocycles. The Bertz CT molecular complexity index is 1960. The molecule has 15 nitrogen and oxygen atoms in total. The van der Waals surface area contributed by atoms with Crippen LogP contribution in [0.25, 0.3) is 22.3 Å². The second-order valence-corrected chi connectivity index (χ2v) is 15.0. The van der Waals surface area contributed by atoms with Crippen molar-refractivity contribution in [3.05, 3.63) is 71.8 Å². The monoisotopic (exact) mass is 736 g/mol. The Balaban J connectivity index is 1.25. The van der Waals surface area contributed by atoms with Crippen LogP contribution in [0, 0.1) is 0 Å². The number of nitrogens with zero attached hydrogens (tertiary/aromatic N) is 7. The number of pyridine rings is 1. The average molecular weight is 737 g/mol. The normalized spacial score (nSPS) is 20.5.